The molecular weight excluding hydrogens is 232 g/mol. The lowest BCUT2D eigenvalue weighted by atomic mass is 10.2. The van der Waals surface area contributed by atoms with Crippen LogP contribution in [0.1, 0.15) is 24.8 Å². The van der Waals surface area contributed by atoms with E-state index < -0.39 is 5.97 Å². The molecule has 5 nitrogen and oxygen atoms in total. The second-order valence-corrected chi connectivity index (χ2v) is 4.17. The number of amides is 1. The van der Waals surface area contributed by atoms with Gasteiger partial charge in [-0.05, 0) is 24.5 Å². The number of carbonyl (C=O) groups is 2. The van der Waals surface area contributed by atoms with Gasteiger partial charge in [-0.1, -0.05) is 6.07 Å². The molecule has 1 aromatic rings. The van der Waals surface area contributed by atoms with Gasteiger partial charge in [-0.15, -0.1) is 0 Å². The van der Waals surface area contributed by atoms with Crippen molar-refractivity contribution in [3.05, 3.63) is 30.1 Å². The number of carboxylic acids is 1. The molecule has 1 amide bonds. The number of carbonyl (C=O) groups excluding carboxylic acids is 1. The molecule has 0 aliphatic rings. The zero-order valence-electron chi connectivity index (χ0n) is 10.5. The molecule has 0 atom stereocenters. The zero-order chi connectivity index (χ0) is 13.4. The minimum atomic E-state index is -0.860. The van der Waals surface area contributed by atoms with Gasteiger partial charge in [0, 0.05) is 38.8 Å². The van der Waals surface area contributed by atoms with Crippen molar-refractivity contribution in [1.29, 1.82) is 0 Å². The highest BCUT2D eigenvalue weighted by atomic mass is 16.4. The highest BCUT2D eigenvalue weighted by molar-refractivity contribution is 5.76. The normalized spacial score (nSPS) is 10.1. The van der Waals surface area contributed by atoms with Crippen LogP contribution < -0.4 is 0 Å². The topological polar surface area (TPSA) is 70.5 Å². The lowest BCUT2D eigenvalue weighted by molar-refractivity contribution is -0.137. The average molecular weight is 250 g/mol. The van der Waals surface area contributed by atoms with E-state index in [0.29, 0.717) is 13.0 Å². The summed E-state index contributed by atoms with van der Waals surface area (Å²) in [6.45, 7) is 0.623. The predicted octanol–water partition coefficient (Wildman–Crippen LogP) is 1.34. The number of hydrogen-bond acceptors (Lipinski definition) is 3. The Hall–Kier alpha value is -1.91. The highest BCUT2D eigenvalue weighted by Crippen LogP contribution is 2.02. The monoisotopic (exact) mass is 250 g/mol. The summed E-state index contributed by atoms with van der Waals surface area (Å²) in [6, 6.07) is 3.83. The Labute approximate surface area is 106 Å². The molecule has 98 valence electrons. The molecule has 1 aromatic heterocycles. The van der Waals surface area contributed by atoms with E-state index in [1.165, 1.54) is 0 Å². The highest BCUT2D eigenvalue weighted by Gasteiger charge is 2.09. The van der Waals surface area contributed by atoms with Gasteiger partial charge in [-0.25, -0.2) is 0 Å². The summed E-state index contributed by atoms with van der Waals surface area (Å²) in [5.41, 5.74) is 1.09. The first kappa shape index (κ1) is 14.2. The lowest BCUT2D eigenvalue weighted by Crippen LogP contribution is -2.28. The Morgan fingerprint density at radius 2 is 2.17 bits per heavy atom. The maximum Gasteiger partial charge on any atom is 0.303 e. The van der Waals surface area contributed by atoms with Crippen LogP contribution in [-0.4, -0.2) is 40.5 Å². The predicted molar refractivity (Wildman–Crippen MR) is 67.1 cm³/mol. The van der Waals surface area contributed by atoms with Crippen LogP contribution in [0.15, 0.2) is 24.5 Å². The molecule has 18 heavy (non-hydrogen) atoms. The fraction of sp³-hybridized carbons (Fsp3) is 0.462. The molecule has 0 saturated carbocycles. The molecular formula is C13H18N2O3. The summed E-state index contributed by atoms with van der Waals surface area (Å²) in [6.07, 6.45) is 4.98. The molecule has 0 spiro atoms. The Bertz CT molecular complexity index is 392. The van der Waals surface area contributed by atoms with Gasteiger partial charge in [-0.3, -0.25) is 14.6 Å². The van der Waals surface area contributed by atoms with E-state index in [1.54, 1.807) is 24.3 Å². The third-order valence-electron chi connectivity index (χ3n) is 2.67. The molecule has 0 fully saturated rings. The van der Waals surface area contributed by atoms with Crippen LogP contribution in [0.5, 0.6) is 0 Å². The molecule has 0 unspecified atom stereocenters. The van der Waals surface area contributed by atoms with Crippen molar-refractivity contribution in [2.45, 2.75) is 25.7 Å². The van der Waals surface area contributed by atoms with Crippen molar-refractivity contribution >= 4 is 11.9 Å². The van der Waals surface area contributed by atoms with Gasteiger partial charge in [0.05, 0.1) is 0 Å². The van der Waals surface area contributed by atoms with Gasteiger partial charge >= 0.3 is 5.97 Å². The fourth-order valence-corrected chi connectivity index (χ4v) is 1.55. The summed E-state index contributed by atoms with van der Waals surface area (Å²) in [7, 11) is 1.74. The van der Waals surface area contributed by atoms with Crippen molar-refractivity contribution < 1.29 is 14.7 Å². The number of likely N-dealkylation sites (N-methyl/N-ethyl adjacent to an activating group) is 1. The maximum absolute atomic E-state index is 11.7. The Kier molecular flexibility index (Phi) is 5.84. The summed E-state index contributed by atoms with van der Waals surface area (Å²) in [5, 5.41) is 8.49. The first-order valence-electron chi connectivity index (χ1n) is 5.94. The van der Waals surface area contributed by atoms with Crippen molar-refractivity contribution in [1.82, 2.24) is 9.88 Å². The molecule has 0 aromatic carbocycles. The van der Waals surface area contributed by atoms with Crippen LogP contribution in [0.4, 0.5) is 0 Å². The Morgan fingerprint density at radius 3 is 2.78 bits per heavy atom. The van der Waals surface area contributed by atoms with Crippen molar-refractivity contribution in [3.63, 3.8) is 0 Å². The van der Waals surface area contributed by atoms with E-state index in [-0.39, 0.29) is 18.7 Å². The first-order chi connectivity index (χ1) is 8.59. The maximum atomic E-state index is 11.7. The SMILES string of the molecule is CN(CCc1cccnc1)C(=O)CCCC(=O)O. The molecule has 0 bridgehead atoms. The lowest BCUT2D eigenvalue weighted by Gasteiger charge is -2.16. The van der Waals surface area contributed by atoms with Crippen LogP contribution in [0.2, 0.25) is 0 Å². The number of aliphatic carboxylic acids is 1. The van der Waals surface area contributed by atoms with Crippen LogP contribution in [0.3, 0.4) is 0 Å². The van der Waals surface area contributed by atoms with Crippen molar-refractivity contribution in [2.24, 2.45) is 0 Å². The Balaban J connectivity index is 2.25. The number of hydrogen-bond donors (Lipinski definition) is 1. The standard InChI is InChI=1S/C13H18N2O3/c1-15(12(16)5-2-6-13(17)18)9-7-11-4-3-8-14-10-11/h3-4,8,10H,2,5-7,9H2,1H3,(H,17,18). The molecule has 0 saturated heterocycles. The number of carboxylic acid groups (broad SMARTS) is 1. The summed E-state index contributed by atoms with van der Waals surface area (Å²) in [5.74, 6) is -0.874. The number of aromatic nitrogens is 1. The molecule has 0 radical (unpaired) electrons. The third kappa shape index (κ3) is 5.43. The second-order valence-electron chi connectivity index (χ2n) is 4.17. The summed E-state index contributed by atoms with van der Waals surface area (Å²) in [4.78, 5) is 27.6. The van der Waals surface area contributed by atoms with Crippen LogP contribution in [0, 0.1) is 0 Å². The smallest absolute Gasteiger partial charge is 0.303 e. The molecule has 1 rings (SSSR count). The van der Waals surface area contributed by atoms with E-state index in [2.05, 4.69) is 4.98 Å². The number of nitrogens with zero attached hydrogens (tertiary/aromatic N) is 2. The quantitative estimate of drug-likeness (QED) is 0.792. The van der Waals surface area contributed by atoms with Crippen molar-refractivity contribution in [3.8, 4) is 0 Å². The molecule has 0 aliphatic carbocycles. The van der Waals surface area contributed by atoms with Gasteiger partial charge < -0.3 is 10.0 Å². The number of rotatable bonds is 7. The zero-order valence-corrected chi connectivity index (χ0v) is 10.5. The molecule has 1 N–H and O–H groups in total. The summed E-state index contributed by atoms with van der Waals surface area (Å²) < 4.78 is 0. The molecule has 5 heteroatoms. The van der Waals surface area contributed by atoms with Gasteiger partial charge in [0.15, 0.2) is 0 Å². The fourth-order valence-electron chi connectivity index (χ4n) is 1.55. The second kappa shape index (κ2) is 7.42. The Morgan fingerprint density at radius 1 is 1.39 bits per heavy atom. The molecule has 1 heterocycles. The minimum absolute atomic E-state index is 0.0138. The van der Waals surface area contributed by atoms with Gasteiger partial charge in [0.2, 0.25) is 5.91 Å². The van der Waals surface area contributed by atoms with E-state index in [9.17, 15) is 9.59 Å². The van der Waals surface area contributed by atoms with E-state index in [0.717, 1.165) is 12.0 Å². The van der Waals surface area contributed by atoms with E-state index >= 15 is 0 Å². The average Bonchev–Trinajstić information content (AvgIpc) is 2.36. The van der Waals surface area contributed by atoms with E-state index in [1.807, 2.05) is 12.1 Å². The third-order valence-corrected chi connectivity index (χ3v) is 2.67. The van der Waals surface area contributed by atoms with Gasteiger partial charge in [0.1, 0.15) is 0 Å². The van der Waals surface area contributed by atoms with Crippen LogP contribution in [0.25, 0.3) is 0 Å². The summed E-state index contributed by atoms with van der Waals surface area (Å²) >= 11 is 0. The van der Waals surface area contributed by atoms with E-state index in [4.69, 9.17) is 5.11 Å². The van der Waals surface area contributed by atoms with Gasteiger partial charge in [0.25, 0.3) is 0 Å². The van der Waals surface area contributed by atoms with Gasteiger partial charge in [-0.2, -0.15) is 0 Å². The van der Waals surface area contributed by atoms with Crippen LogP contribution in [-0.2, 0) is 16.0 Å². The van der Waals surface area contributed by atoms with Crippen molar-refractivity contribution in [2.75, 3.05) is 13.6 Å². The molecule has 0 aliphatic heterocycles. The largest absolute Gasteiger partial charge is 0.481 e. The first-order valence-corrected chi connectivity index (χ1v) is 5.94. The minimum Gasteiger partial charge on any atom is -0.481 e. The van der Waals surface area contributed by atoms with Crippen LogP contribution >= 0.6 is 0 Å². The number of pyridine rings is 1.